The monoisotopic (exact) mass is 168 g/mol. The number of cyclic esters (lactones) is 1. The Morgan fingerprint density at radius 3 is 2.92 bits per heavy atom. The minimum atomic E-state index is -0.0603. The Labute approximate surface area is 73.6 Å². The quantitative estimate of drug-likeness (QED) is 0.592. The highest BCUT2D eigenvalue weighted by molar-refractivity contribution is 5.70. The van der Waals surface area contributed by atoms with Gasteiger partial charge in [0.1, 0.15) is 5.76 Å². The van der Waals surface area contributed by atoms with Crippen molar-refractivity contribution >= 4 is 5.97 Å². The van der Waals surface area contributed by atoms with Crippen LogP contribution >= 0.6 is 0 Å². The summed E-state index contributed by atoms with van der Waals surface area (Å²) in [4.78, 5) is 11.0. The molecule has 0 radical (unpaired) electrons. The van der Waals surface area contributed by atoms with Crippen LogP contribution in [0.25, 0.3) is 0 Å². The number of hydrogen-bond donors (Lipinski definition) is 0. The molecule has 0 aliphatic carbocycles. The van der Waals surface area contributed by atoms with Crippen molar-refractivity contribution in [2.24, 2.45) is 0 Å². The number of carbonyl (C=O) groups excluding carboxylic acids is 1. The van der Waals surface area contributed by atoms with E-state index in [2.05, 4.69) is 6.92 Å². The van der Waals surface area contributed by atoms with Crippen molar-refractivity contribution in [2.45, 2.75) is 45.4 Å². The molecule has 1 saturated heterocycles. The number of hydrogen-bond acceptors (Lipinski definition) is 2. The summed E-state index contributed by atoms with van der Waals surface area (Å²) in [5.41, 5.74) is 0. The van der Waals surface area contributed by atoms with Crippen LogP contribution in [-0.2, 0) is 9.53 Å². The maximum atomic E-state index is 11.0. The molecule has 0 aromatic carbocycles. The van der Waals surface area contributed by atoms with Gasteiger partial charge in [0.25, 0.3) is 0 Å². The van der Waals surface area contributed by atoms with Crippen LogP contribution in [0.2, 0.25) is 0 Å². The summed E-state index contributed by atoms with van der Waals surface area (Å²) in [5.74, 6) is 0.828. The first kappa shape index (κ1) is 9.30. The molecular weight excluding hydrogens is 152 g/mol. The lowest BCUT2D eigenvalue weighted by atomic mass is 10.2. The zero-order valence-electron chi connectivity index (χ0n) is 7.64. The van der Waals surface area contributed by atoms with E-state index in [1.807, 2.05) is 6.08 Å². The smallest absolute Gasteiger partial charge is 0.310 e. The highest BCUT2D eigenvalue weighted by Gasteiger charge is 2.11. The second-order valence-corrected chi connectivity index (χ2v) is 3.14. The molecule has 1 aliphatic heterocycles. The van der Waals surface area contributed by atoms with Gasteiger partial charge in [-0.15, -0.1) is 0 Å². The van der Waals surface area contributed by atoms with E-state index in [0.717, 1.165) is 37.9 Å². The predicted molar refractivity (Wildman–Crippen MR) is 47.6 cm³/mol. The lowest BCUT2D eigenvalue weighted by molar-refractivity contribution is -0.139. The molecule has 2 heteroatoms. The number of allylic oxidation sites excluding steroid dienone is 2. The molecule has 1 heterocycles. The Morgan fingerprint density at radius 2 is 2.17 bits per heavy atom. The molecule has 0 amide bonds. The molecule has 12 heavy (non-hydrogen) atoms. The topological polar surface area (TPSA) is 26.3 Å². The molecule has 0 N–H and O–H groups in total. The molecule has 2 nitrogen and oxygen atoms in total. The van der Waals surface area contributed by atoms with Crippen LogP contribution in [0.3, 0.4) is 0 Å². The van der Waals surface area contributed by atoms with Crippen LogP contribution in [0.1, 0.15) is 45.4 Å². The summed E-state index contributed by atoms with van der Waals surface area (Å²) >= 11 is 0. The van der Waals surface area contributed by atoms with Crippen molar-refractivity contribution in [2.75, 3.05) is 0 Å². The molecule has 1 rings (SSSR count). The van der Waals surface area contributed by atoms with E-state index in [1.54, 1.807) is 0 Å². The van der Waals surface area contributed by atoms with Crippen molar-refractivity contribution in [3.05, 3.63) is 11.8 Å². The fourth-order valence-electron chi connectivity index (χ4n) is 1.27. The van der Waals surface area contributed by atoms with Gasteiger partial charge in [-0.2, -0.15) is 0 Å². The van der Waals surface area contributed by atoms with Gasteiger partial charge in [-0.25, -0.2) is 0 Å². The van der Waals surface area contributed by atoms with Gasteiger partial charge in [0.15, 0.2) is 0 Å². The molecule has 0 atom stereocenters. The van der Waals surface area contributed by atoms with E-state index in [0.29, 0.717) is 6.42 Å². The molecule has 0 saturated carbocycles. The second-order valence-electron chi connectivity index (χ2n) is 3.14. The largest absolute Gasteiger partial charge is 0.431 e. The fraction of sp³-hybridized carbons (Fsp3) is 0.700. The van der Waals surface area contributed by atoms with Crippen LogP contribution in [0.5, 0.6) is 0 Å². The highest BCUT2D eigenvalue weighted by atomic mass is 16.5. The van der Waals surface area contributed by atoms with Crippen molar-refractivity contribution in [1.82, 2.24) is 0 Å². The molecule has 0 spiro atoms. The number of unbranched alkanes of at least 4 members (excludes halogenated alkanes) is 1. The lowest BCUT2D eigenvalue weighted by Crippen LogP contribution is -1.99. The average molecular weight is 168 g/mol. The summed E-state index contributed by atoms with van der Waals surface area (Å²) < 4.78 is 5.14. The molecular formula is C10H16O2. The highest BCUT2D eigenvalue weighted by Crippen LogP contribution is 2.17. The van der Waals surface area contributed by atoms with Gasteiger partial charge in [-0.3, -0.25) is 4.79 Å². The Balaban J connectivity index is 2.45. The number of carbonyl (C=O) groups is 1. The number of rotatable bonds is 2. The predicted octanol–water partition coefficient (Wildman–Crippen LogP) is 2.79. The van der Waals surface area contributed by atoms with Crippen molar-refractivity contribution in [1.29, 1.82) is 0 Å². The minimum absolute atomic E-state index is 0.0603. The molecule has 0 aromatic heterocycles. The first-order valence-electron chi connectivity index (χ1n) is 4.72. The first-order chi connectivity index (χ1) is 5.83. The third-order valence-corrected chi connectivity index (χ3v) is 1.96. The minimum Gasteiger partial charge on any atom is -0.431 e. The molecule has 0 unspecified atom stereocenters. The molecule has 68 valence electrons. The van der Waals surface area contributed by atoms with Crippen LogP contribution in [-0.4, -0.2) is 5.97 Å². The van der Waals surface area contributed by atoms with Gasteiger partial charge in [0.2, 0.25) is 0 Å². The zero-order chi connectivity index (χ0) is 8.81. The molecule has 0 aromatic rings. The van der Waals surface area contributed by atoms with E-state index in [1.165, 1.54) is 0 Å². The summed E-state index contributed by atoms with van der Waals surface area (Å²) in [6.45, 7) is 2.12. The molecule has 1 fully saturated rings. The van der Waals surface area contributed by atoms with Crippen molar-refractivity contribution in [3.63, 3.8) is 0 Å². The van der Waals surface area contributed by atoms with E-state index < -0.39 is 0 Å². The van der Waals surface area contributed by atoms with Crippen molar-refractivity contribution in [3.8, 4) is 0 Å². The fourth-order valence-corrected chi connectivity index (χ4v) is 1.27. The van der Waals surface area contributed by atoms with Gasteiger partial charge in [0, 0.05) is 12.8 Å². The summed E-state index contributed by atoms with van der Waals surface area (Å²) in [5, 5.41) is 0. The SMILES string of the molecule is CCCC=C1CCCCC(=O)O1. The standard InChI is InChI=1S/C10H16O2/c1-2-3-6-9-7-4-5-8-10(11)12-9/h6H,2-5,7-8H2,1H3. The average Bonchev–Trinajstić information content (AvgIpc) is 2.26. The summed E-state index contributed by atoms with van der Waals surface area (Å²) in [6, 6.07) is 0. The van der Waals surface area contributed by atoms with E-state index in [-0.39, 0.29) is 5.97 Å². The Kier molecular flexibility index (Phi) is 3.85. The van der Waals surface area contributed by atoms with Gasteiger partial charge in [-0.05, 0) is 25.3 Å². The van der Waals surface area contributed by atoms with Crippen LogP contribution in [0, 0.1) is 0 Å². The van der Waals surface area contributed by atoms with Gasteiger partial charge < -0.3 is 4.74 Å². The Hall–Kier alpha value is -0.790. The second kappa shape index (κ2) is 4.96. The molecule has 0 bridgehead atoms. The first-order valence-corrected chi connectivity index (χ1v) is 4.72. The van der Waals surface area contributed by atoms with E-state index in [9.17, 15) is 4.79 Å². The third kappa shape index (κ3) is 3.07. The zero-order valence-corrected chi connectivity index (χ0v) is 7.64. The molecule has 1 aliphatic rings. The van der Waals surface area contributed by atoms with Crippen LogP contribution in [0.4, 0.5) is 0 Å². The van der Waals surface area contributed by atoms with E-state index >= 15 is 0 Å². The normalized spacial score (nSPS) is 22.1. The third-order valence-electron chi connectivity index (χ3n) is 1.96. The van der Waals surface area contributed by atoms with Crippen LogP contribution in [0.15, 0.2) is 11.8 Å². The number of ether oxygens (including phenoxy) is 1. The Morgan fingerprint density at radius 1 is 1.42 bits per heavy atom. The maximum Gasteiger partial charge on any atom is 0.310 e. The summed E-state index contributed by atoms with van der Waals surface area (Å²) in [7, 11) is 0. The number of esters is 1. The Bertz CT molecular complexity index is 182. The maximum absolute atomic E-state index is 11.0. The van der Waals surface area contributed by atoms with Crippen LogP contribution < -0.4 is 0 Å². The van der Waals surface area contributed by atoms with Gasteiger partial charge in [0.05, 0.1) is 0 Å². The summed E-state index contributed by atoms with van der Waals surface area (Å²) in [6.07, 6.45) is 7.76. The van der Waals surface area contributed by atoms with Gasteiger partial charge >= 0.3 is 5.97 Å². The van der Waals surface area contributed by atoms with Gasteiger partial charge in [-0.1, -0.05) is 13.3 Å². The van der Waals surface area contributed by atoms with Crippen molar-refractivity contribution < 1.29 is 9.53 Å². The lowest BCUT2D eigenvalue weighted by Gasteiger charge is -2.02. The van der Waals surface area contributed by atoms with E-state index in [4.69, 9.17) is 4.74 Å².